The number of hydrogen-bond donors (Lipinski definition) is 1. The lowest BCUT2D eigenvalue weighted by Gasteiger charge is -2.16. The summed E-state index contributed by atoms with van der Waals surface area (Å²) >= 11 is 0. The van der Waals surface area contributed by atoms with Gasteiger partial charge in [0.15, 0.2) is 5.65 Å². The number of anilines is 1. The van der Waals surface area contributed by atoms with E-state index in [1.165, 1.54) is 12.4 Å². The van der Waals surface area contributed by atoms with Crippen molar-refractivity contribution >= 4 is 11.5 Å². The Labute approximate surface area is 143 Å². The molecule has 1 atom stereocenters. The van der Waals surface area contributed by atoms with Crippen molar-refractivity contribution in [1.82, 2.24) is 24.6 Å². The quantitative estimate of drug-likeness (QED) is 0.619. The van der Waals surface area contributed by atoms with E-state index in [9.17, 15) is 4.39 Å². The molecule has 0 aliphatic rings. The highest BCUT2D eigenvalue weighted by molar-refractivity contribution is 5.67. The lowest BCUT2D eigenvalue weighted by molar-refractivity contribution is 0.630. The third-order valence-electron chi connectivity index (χ3n) is 3.92. The maximum Gasteiger partial charge on any atom is 0.157 e. The highest BCUT2D eigenvalue weighted by Gasteiger charge is 2.14. The van der Waals surface area contributed by atoms with Gasteiger partial charge in [0.1, 0.15) is 18.0 Å². The van der Waals surface area contributed by atoms with Gasteiger partial charge < -0.3 is 5.32 Å². The fourth-order valence-electron chi connectivity index (χ4n) is 2.68. The molecular formula is C18H15FN6. The Morgan fingerprint density at radius 2 is 2.00 bits per heavy atom. The molecule has 0 aliphatic heterocycles. The average Bonchev–Trinajstić information content (AvgIpc) is 3.11. The molecule has 0 saturated heterocycles. The molecule has 4 rings (SSSR count). The minimum atomic E-state index is -0.311. The monoisotopic (exact) mass is 334 g/mol. The number of fused-ring (bicyclic) bond motifs is 1. The number of aromatic nitrogens is 5. The predicted molar refractivity (Wildman–Crippen MR) is 92.5 cm³/mol. The van der Waals surface area contributed by atoms with E-state index in [1.54, 1.807) is 47.2 Å². The molecule has 1 N–H and O–H groups in total. The van der Waals surface area contributed by atoms with E-state index >= 15 is 0 Å². The van der Waals surface area contributed by atoms with Crippen molar-refractivity contribution in [2.24, 2.45) is 0 Å². The van der Waals surface area contributed by atoms with Crippen molar-refractivity contribution in [2.45, 2.75) is 13.0 Å². The fraction of sp³-hybridized carbons (Fsp3) is 0.111. The first-order valence-electron chi connectivity index (χ1n) is 7.84. The van der Waals surface area contributed by atoms with Gasteiger partial charge in [-0.25, -0.2) is 19.3 Å². The first-order chi connectivity index (χ1) is 12.2. The minimum absolute atomic E-state index is 0.0775. The molecule has 25 heavy (non-hydrogen) atoms. The minimum Gasteiger partial charge on any atom is -0.362 e. The van der Waals surface area contributed by atoms with Gasteiger partial charge in [0.25, 0.3) is 0 Å². The summed E-state index contributed by atoms with van der Waals surface area (Å²) in [5, 5.41) is 7.65. The van der Waals surface area contributed by atoms with Crippen LogP contribution in [-0.4, -0.2) is 24.6 Å². The number of rotatable bonds is 4. The van der Waals surface area contributed by atoms with Crippen molar-refractivity contribution in [3.63, 3.8) is 0 Å². The van der Waals surface area contributed by atoms with Crippen molar-refractivity contribution in [3.05, 3.63) is 72.7 Å². The number of hydrogen-bond acceptors (Lipinski definition) is 5. The second kappa shape index (κ2) is 6.27. The molecule has 3 aromatic heterocycles. The summed E-state index contributed by atoms with van der Waals surface area (Å²) < 4.78 is 15.8. The van der Waals surface area contributed by atoms with E-state index in [4.69, 9.17) is 0 Å². The SMILES string of the molecule is C[C@H](Nc1cc(-c2ccccc2F)nc2ccnn12)c1ccncn1. The summed E-state index contributed by atoms with van der Waals surface area (Å²) in [6, 6.07) is 11.9. The molecule has 0 amide bonds. The molecule has 0 saturated carbocycles. The average molecular weight is 334 g/mol. The number of halogens is 1. The lowest BCUT2D eigenvalue weighted by atomic mass is 10.1. The third kappa shape index (κ3) is 2.91. The molecule has 3 heterocycles. The Hall–Kier alpha value is -3.35. The van der Waals surface area contributed by atoms with Crippen LogP contribution >= 0.6 is 0 Å². The van der Waals surface area contributed by atoms with Gasteiger partial charge in [-0.1, -0.05) is 12.1 Å². The first kappa shape index (κ1) is 15.2. The standard InChI is InChI=1S/C18H15FN6/c1-12(15-6-8-20-11-21-15)23-18-10-16(13-4-2-3-5-14(13)19)24-17-7-9-22-25(17)18/h2-12,23H,1H3/t12-/m0/s1. The van der Waals surface area contributed by atoms with Crippen LogP contribution in [0.25, 0.3) is 16.9 Å². The van der Waals surface area contributed by atoms with Crippen LogP contribution in [0, 0.1) is 5.82 Å². The zero-order valence-corrected chi connectivity index (χ0v) is 13.5. The Kier molecular flexibility index (Phi) is 3.81. The summed E-state index contributed by atoms with van der Waals surface area (Å²) in [6.07, 6.45) is 4.86. The molecule has 0 radical (unpaired) electrons. The van der Waals surface area contributed by atoms with Crippen LogP contribution in [0.1, 0.15) is 18.7 Å². The second-order valence-corrected chi connectivity index (χ2v) is 5.61. The van der Waals surface area contributed by atoms with Crippen molar-refractivity contribution in [3.8, 4) is 11.3 Å². The smallest absolute Gasteiger partial charge is 0.157 e. The van der Waals surface area contributed by atoms with Crippen LogP contribution in [0.5, 0.6) is 0 Å². The largest absolute Gasteiger partial charge is 0.362 e. The van der Waals surface area contributed by atoms with Crippen LogP contribution in [0.4, 0.5) is 10.2 Å². The molecule has 0 fully saturated rings. The Morgan fingerprint density at radius 3 is 2.80 bits per heavy atom. The summed E-state index contributed by atoms with van der Waals surface area (Å²) in [6.45, 7) is 1.99. The molecule has 6 nitrogen and oxygen atoms in total. The van der Waals surface area contributed by atoms with Crippen LogP contribution in [0.15, 0.2) is 61.2 Å². The molecule has 124 valence electrons. The van der Waals surface area contributed by atoms with Gasteiger partial charge in [-0.15, -0.1) is 0 Å². The molecule has 1 aromatic carbocycles. The van der Waals surface area contributed by atoms with Crippen LogP contribution in [0.3, 0.4) is 0 Å². The molecule has 0 spiro atoms. The highest BCUT2D eigenvalue weighted by Crippen LogP contribution is 2.26. The van der Waals surface area contributed by atoms with Gasteiger partial charge in [0, 0.05) is 23.9 Å². The van der Waals surface area contributed by atoms with Gasteiger partial charge >= 0.3 is 0 Å². The van der Waals surface area contributed by atoms with E-state index in [0.29, 0.717) is 22.7 Å². The van der Waals surface area contributed by atoms with Crippen LogP contribution in [-0.2, 0) is 0 Å². The molecule has 0 aliphatic carbocycles. The maximum atomic E-state index is 14.2. The fourth-order valence-corrected chi connectivity index (χ4v) is 2.68. The molecule has 0 bridgehead atoms. The van der Waals surface area contributed by atoms with Crippen LogP contribution < -0.4 is 5.32 Å². The molecular weight excluding hydrogens is 319 g/mol. The summed E-state index contributed by atoms with van der Waals surface area (Å²) in [5.74, 6) is 0.396. The van der Waals surface area contributed by atoms with Crippen molar-refractivity contribution < 1.29 is 4.39 Å². The third-order valence-corrected chi connectivity index (χ3v) is 3.92. The van der Waals surface area contributed by atoms with E-state index < -0.39 is 0 Å². The van der Waals surface area contributed by atoms with E-state index in [1.807, 2.05) is 13.0 Å². The Morgan fingerprint density at radius 1 is 1.12 bits per heavy atom. The number of nitrogens with one attached hydrogen (secondary N) is 1. The number of benzene rings is 1. The lowest BCUT2D eigenvalue weighted by Crippen LogP contribution is -2.12. The van der Waals surface area contributed by atoms with E-state index in [0.717, 1.165) is 5.69 Å². The maximum absolute atomic E-state index is 14.2. The Balaban J connectivity index is 1.78. The molecule has 7 heteroatoms. The summed E-state index contributed by atoms with van der Waals surface area (Å²) in [4.78, 5) is 12.7. The summed E-state index contributed by atoms with van der Waals surface area (Å²) in [7, 11) is 0. The first-order valence-corrected chi connectivity index (χ1v) is 7.84. The van der Waals surface area contributed by atoms with Gasteiger partial charge in [-0.3, -0.25) is 0 Å². The van der Waals surface area contributed by atoms with Gasteiger partial charge in [-0.05, 0) is 25.1 Å². The van der Waals surface area contributed by atoms with Crippen LogP contribution in [0.2, 0.25) is 0 Å². The topological polar surface area (TPSA) is 68.0 Å². The van der Waals surface area contributed by atoms with E-state index in [2.05, 4.69) is 25.4 Å². The summed E-state index contributed by atoms with van der Waals surface area (Å²) in [5.41, 5.74) is 2.48. The van der Waals surface area contributed by atoms with Gasteiger partial charge in [-0.2, -0.15) is 9.61 Å². The van der Waals surface area contributed by atoms with Gasteiger partial charge in [0.2, 0.25) is 0 Å². The normalized spacial score (nSPS) is 12.2. The molecule has 4 aromatic rings. The van der Waals surface area contributed by atoms with Crippen molar-refractivity contribution in [2.75, 3.05) is 5.32 Å². The molecule has 0 unspecified atom stereocenters. The second-order valence-electron chi connectivity index (χ2n) is 5.61. The van der Waals surface area contributed by atoms with Crippen molar-refractivity contribution in [1.29, 1.82) is 0 Å². The zero-order valence-electron chi connectivity index (χ0n) is 13.5. The van der Waals surface area contributed by atoms with E-state index in [-0.39, 0.29) is 11.9 Å². The predicted octanol–water partition coefficient (Wildman–Crippen LogP) is 3.50. The highest BCUT2D eigenvalue weighted by atomic mass is 19.1. The zero-order chi connectivity index (χ0) is 17.2. The van der Waals surface area contributed by atoms with Gasteiger partial charge in [0.05, 0.1) is 23.6 Å². The number of nitrogens with zero attached hydrogens (tertiary/aromatic N) is 5. The Bertz CT molecular complexity index is 1010.